The molecule has 0 aliphatic carbocycles. The number of benzene rings is 1. The zero-order chi connectivity index (χ0) is 18.5. The minimum Gasteiger partial charge on any atom is -0.469 e. The van der Waals surface area contributed by atoms with E-state index in [-0.39, 0.29) is 30.4 Å². The Bertz CT molecular complexity index is 888. The summed E-state index contributed by atoms with van der Waals surface area (Å²) >= 11 is 0. The summed E-state index contributed by atoms with van der Waals surface area (Å²) in [7, 11) is 1.31. The molecule has 0 spiro atoms. The third-order valence-corrected chi connectivity index (χ3v) is 4.67. The van der Waals surface area contributed by atoms with Crippen LogP contribution in [0.3, 0.4) is 0 Å². The number of amides is 1. The topological polar surface area (TPSA) is 90.3 Å². The Hall–Kier alpha value is -2.70. The number of fused-ring (bicyclic) bond motifs is 2. The second-order valence-corrected chi connectivity index (χ2v) is 6.46. The molecule has 0 fully saturated rings. The van der Waals surface area contributed by atoms with E-state index in [1.54, 1.807) is 22.8 Å². The molecule has 1 aliphatic rings. The van der Waals surface area contributed by atoms with Crippen LogP contribution in [-0.2, 0) is 22.5 Å². The van der Waals surface area contributed by atoms with Gasteiger partial charge >= 0.3 is 5.97 Å². The summed E-state index contributed by atoms with van der Waals surface area (Å²) in [5, 5.41) is 3.20. The van der Waals surface area contributed by atoms with E-state index < -0.39 is 0 Å². The van der Waals surface area contributed by atoms with E-state index in [2.05, 4.69) is 15.0 Å². The average Bonchev–Trinajstić information content (AvgIpc) is 2.62. The molecule has 1 amide bonds. The van der Waals surface area contributed by atoms with Gasteiger partial charge in [0, 0.05) is 25.1 Å². The molecule has 1 aromatic carbocycles. The smallest absolute Gasteiger partial charge is 0.307 e. The van der Waals surface area contributed by atoms with Gasteiger partial charge in [0.05, 0.1) is 24.4 Å². The lowest BCUT2D eigenvalue weighted by Gasteiger charge is -2.16. The first kappa shape index (κ1) is 18.1. The quantitative estimate of drug-likeness (QED) is 0.843. The van der Waals surface area contributed by atoms with Crippen LogP contribution in [0.15, 0.2) is 23.0 Å². The summed E-state index contributed by atoms with van der Waals surface area (Å²) in [6, 6.07) is 4.92. The molecule has 26 heavy (non-hydrogen) atoms. The number of ether oxygens (including phenoxy) is 1. The van der Waals surface area contributed by atoms with Crippen molar-refractivity contribution < 1.29 is 14.3 Å². The maximum atomic E-state index is 12.8. The van der Waals surface area contributed by atoms with Crippen LogP contribution in [0, 0.1) is 0 Å². The van der Waals surface area contributed by atoms with Crippen molar-refractivity contribution in [2.75, 3.05) is 13.7 Å². The summed E-state index contributed by atoms with van der Waals surface area (Å²) < 4.78 is 6.32. The maximum absolute atomic E-state index is 12.8. The molecular formula is C19H23N3O4. The number of nitrogens with one attached hydrogen (secondary N) is 1. The molecule has 2 heterocycles. The highest BCUT2D eigenvalue weighted by atomic mass is 16.5. The fourth-order valence-corrected chi connectivity index (χ4v) is 3.22. The second-order valence-electron chi connectivity index (χ2n) is 6.46. The fourth-order valence-electron chi connectivity index (χ4n) is 3.22. The van der Waals surface area contributed by atoms with Crippen molar-refractivity contribution in [1.82, 2.24) is 14.9 Å². The Morgan fingerprint density at radius 1 is 1.23 bits per heavy atom. The van der Waals surface area contributed by atoms with E-state index >= 15 is 0 Å². The first-order valence-electron chi connectivity index (χ1n) is 8.98. The van der Waals surface area contributed by atoms with Crippen molar-refractivity contribution in [1.29, 1.82) is 0 Å². The lowest BCUT2D eigenvalue weighted by molar-refractivity contribution is -0.140. The Morgan fingerprint density at radius 3 is 2.85 bits per heavy atom. The van der Waals surface area contributed by atoms with Crippen molar-refractivity contribution in [3.8, 4) is 0 Å². The molecule has 0 bridgehead atoms. The molecule has 7 nitrogen and oxygen atoms in total. The highest BCUT2D eigenvalue weighted by molar-refractivity contribution is 5.97. The van der Waals surface area contributed by atoms with Crippen LogP contribution in [0.5, 0.6) is 0 Å². The Morgan fingerprint density at radius 2 is 2.04 bits per heavy atom. The van der Waals surface area contributed by atoms with Gasteiger partial charge in [-0.3, -0.25) is 19.0 Å². The minimum atomic E-state index is -0.378. The summed E-state index contributed by atoms with van der Waals surface area (Å²) in [5.41, 5.74) is 0.928. The van der Waals surface area contributed by atoms with E-state index in [0.717, 1.165) is 37.9 Å². The van der Waals surface area contributed by atoms with Crippen LogP contribution in [-0.4, -0.2) is 35.1 Å². The van der Waals surface area contributed by atoms with Crippen LogP contribution in [0.1, 0.15) is 48.3 Å². The van der Waals surface area contributed by atoms with Crippen LogP contribution in [0.25, 0.3) is 10.9 Å². The van der Waals surface area contributed by atoms with E-state index in [4.69, 9.17) is 0 Å². The van der Waals surface area contributed by atoms with E-state index in [0.29, 0.717) is 23.0 Å². The molecule has 0 saturated heterocycles. The molecule has 138 valence electrons. The molecule has 7 heteroatoms. The summed E-state index contributed by atoms with van der Waals surface area (Å²) in [5.74, 6) is 0.118. The van der Waals surface area contributed by atoms with Gasteiger partial charge < -0.3 is 10.1 Å². The van der Waals surface area contributed by atoms with E-state index in [1.165, 1.54) is 7.11 Å². The lowest BCUT2D eigenvalue weighted by atomic mass is 10.1. The number of carbonyl (C=O) groups excluding carboxylic acids is 2. The molecule has 0 saturated carbocycles. The van der Waals surface area contributed by atoms with Gasteiger partial charge in [-0.05, 0) is 31.0 Å². The van der Waals surface area contributed by atoms with Gasteiger partial charge in [-0.25, -0.2) is 4.98 Å². The molecule has 1 aliphatic heterocycles. The molecule has 0 radical (unpaired) electrons. The number of hydrogen-bond donors (Lipinski definition) is 1. The molecule has 0 unspecified atom stereocenters. The number of esters is 1. The standard InChI is InChI=1S/C19H23N3O4/c1-26-17(23)9-10-20-18(24)13-7-8-14-15(12-13)21-16-6-4-2-3-5-11-22(16)19(14)25/h7-8,12H,2-6,9-11H2,1H3,(H,20,24). The molecule has 1 aromatic heterocycles. The number of rotatable bonds is 4. The zero-order valence-corrected chi connectivity index (χ0v) is 14.9. The largest absolute Gasteiger partial charge is 0.469 e. The molecule has 0 atom stereocenters. The normalized spacial score (nSPS) is 14.2. The van der Waals surface area contributed by atoms with Crippen molar-refractivity contribution in [2.24, 2.45) is 0 Å². The Kier molecular flexibility index (Phi) is 5.65. The van der Waals surface area contributed by atoms with Gasteiger partial charge in [-0.2, -0.15) is 0 Å². The number of aryl methyl sites for hydroxylation is 1. The highest BCUT2D eigenvalue weighted by Crippen LogP contribution is 2.16. The predicted octanol–water partition coefficient (Wildman–Crippen LogP) is 1.81. The second kappa shape index (κ2) is 8.12. The first-order chi connectivity index (χ1) is 12.6. The zero-order valence-electron chi connectivity index (χ0n) is 14.9. The predicted molar refractivity (Wildman–Crippen MR) is 97.1 cm³/mol. The van der Waals surface area contributed by atoms with Gasteiger partial charge in [-0.1, -0.05) is 12.8 Å². The third-order valence-electron chi connectivity index (χ3n) is 4.67. The fraction of sp³-hybridized carbons (Fsp3) is 0.474. The van der Waals surface area contributed by atoms with Crippen molar-refractivity contribution in [3.63, 3.8) is 0 Å². The number of hydrogen-bond acceptors (Lipinski definition) is 5. The third kappa shape index (κ3) is 3.92. The van der Waals surface area contributed by atoms with E-state index in [9.17, 15) is 14.4 Å². The van der Waals surface area contributed by atoms with E-state index in [1.807, 2.05) is 0 Å². The Labute approximate surface area is 151 Å². The van der Waals surface area contributed by atoms with Crippen LogP contribution in [0.4, 0.5) is 0 Å². The maximum Gasteiger partial charge on any atom is 0.307 e. The summed E-state index contributed by atoms with van der Waals surface area (Å²) in [6.07, 6.45) is 5.18. The molecule has 1 N–H and O–H groups in total. The summed E-state index contributed by atoms with van der Waals surface area (Å²) in [6.45, 7) is 0.899. The minimum absolute atomic E-state index is 0.0375. The van der Waals surface area contributed by atoms with Crippen molar-refractivity contribution >= 4 is 22.8 Å². The molecule has 3 rings (SSSR count). The first-order valence-corrected chi connectivity index (χ1v) is 8.98. The van der Waals surface area contributed by atoms with Gasteiger partial charge in [0.25, 0.3) is 11.5 Å². The number of nitrogens with zero attached hydrogens (tertiary/aromatic N) is 2. The van der Waals surface area contributed by atoms with Gasteiger partial charge in [-0.15, -0.1) is 0 Å². The van der Waals surface area contributed by atoms with Gasteiger partial charge in [0.2, 0.25) is 0 Å². The average molecular weight is 357 g/mol. The number of aromatic nitrogens is 2. The van der Waals surface area contributed by atoms with Gasteiger partial charge in [0.15, 0.2) is 0 Å². The summed E-state index contributed by atoms with van der Waals surface area (Å²) in [4.78, 5) is 40.8. The SMILES string of the molecule is COC(=O)CCNC(=O)c1ccc2c(=O)n3c(nc2c1)CCCCCC3. The molecular weight excluding hydrogens is 334 g/mol. The van der Waals surface area contributed by atoms with Crippen molar-refractivity contribution in [3.05, 3.63) is 39.9 Å². The monoisotopic (exact) mass is 357 g/mol. The highest BCUT2D eigenvalue weighted by Gasteiger charge is 2.15. The van der Waals surface area contributed by atoms with Crippen molar-refractivity contribution in [2.45, 2.75) is 45.1 Å². The number of methoxy groups -OCH3 is 1. The van der Waals surface area contributed by atoms with Gasteiger partial charge in [0.1, 0.15) is 5.82 Å². The van der Waals surface area contributed by atoms with Crippen LogP contribution >= 0.6 is 0 Å². The van der Waals surface area contributed by atoms with Crippen LogP contribution in [0.2, 0.25) is 0 Å². The van der Waals surface area contributed by atoms with Crippen LogP contribution < -0.4 is 10.9 Å². The lowest BCUT2D eigenvalue weighted by Crippen LogP contribution is -2.28. The molecule has 2 aromatic rings. The number of carbonyl (C=O) groups is 2. The Balaban J connectivity index is 1.86.